The molecule has 1 aliphatic carbocycles. The van der Waals surface area contributed by atoms with Crippen LogP contribution in [0.15, 0.2) is 53.4 Å². The molecule has 3 heterocycles. The third-order valence-electron chi connectivity index (χ3n) is 6.34. The molecule has 7 heteroatoms. The van der Waals surface area contributed by atoms with E-state index in [1.54, 1.807) is 0 Å². The molecule has 5 rings (SSSR count). The van der Waals surface area contributed by atoms with E-state index < -0.39 is 0 Å². The number of carbonyl (C=O) groups excluding carboxylic acids is 1. The number of carbonyl (C=O) groups is 1. The lowest BCUT2D eigenvalue weighted by Gasteiger charge is -2.38. The Morgan fingerprint density at radius 3 is 2.66 bits per heavy atom. The van der Waals surface area contributed by atoms with Gasteiger partial charge in [-0.2, -0.15) is 0 Å². The summed E-state index contributed by atoms with van der Waals surface area (Å²) in [7, 11) is 2.03. The van der Waals surface area contributed by atoms with E-state index in [1.165, 1.54) is 6.20 Å². The van der Waals surface area contributed by atoms with Crippen molar-refractivity contribution in [3.05, 3.63) is 60.3 Å². The normalized spacial score (nSPS) is 24.0. The lowest BCUT2D eigenvalue weighted by Crippen LogP contribution is -2.52. The minimum atomic E-state index is -0.0930. The summed E-state index contributed by atoms with van der Waals surface area (Å²) in [5, 5.41) is 7.17. The monoisotopic (exact) mass is 391 g/mol. The van der Waals surface area contributed by atoms with Crippen LogP contribution in [0, 0.1) is 11.8 Å². The summed E-state index contributed by atoms with van der Waals surface area (Å²) in [6.45, 7) is 2.84. The quantitative estimate of drug-likeness (QED) is 0.724. The molecule has 2 bridgehead atoms. The Labute approximate surface area is 169 Å². The lowest BCUT2D eigenvalue weighted by atomic mass is 9.91. The SMILES string of the molecule is Cn1ccnc1CN1C[C@H]2CC[C@@H](C1)C2NC(=O)c1cnoc1-c1ccccc1. The maximum absolute atomic E-state index is 13.0. The van der Waals surface area contributed by atoms with Crippen LogP contribution >= 0.6 is 0 Å². The summed E-state index contributed by atoms with van der Waals surface area (Å²) < 4.78 is 7.47. The highest BCUT2D eigenvalue weighted by atomic mass is 16.5. The summed E-state index contributed by atoms with van der Waals surface area (Å²) in [6, 6.07) is 9.86. The Hall–Kier alpha value is -2.93. The fourth-order valence-electron chi connectivity index (χ4n) is 4.86. The second-order valence-corrected chi connectivity index (χ2v) is 8.18. The number of rotatable bonds is 5. The van der Waals surface area contributed by atoms with Gasteiger partial charge < -0.3 is 14.4 Å². The highest BCUT2D eigenvalue weighted by Crippen LogP contribution is 2.37. The average Bonchev–Trinajstić information content (AvgIpc) is 3.42. The molecule has 1 amide bonds. The molecule has 2 aliphatic rings. The lowest BCUT2D eigenvalue weighted by molar-refractivity contribution is 0.0819. The first kappa shape index (κ1) is 18.1. The van der Waals surface area contributed by atoms with Crippen LogP contribution in [0.3, 0.4) is 0 Å². The van der Waals surface area contributed by atoms with E-state index in [1.807, 2.05) is 49.8 Å². The number of aromatic nitrogens is 3. The molecule has 3 atom stereocenters. The number of hydrogen-bond donors (Lipinski definition) is 1. The molecule has 1 saturated heterocycles. The Morgan fingerprint density at radius 2 is 1.97 bits per heavy atom. The molecule has 1 aromatic carbocycles. The number of nitrogens with zero attached hydrogens (tertiary/aromatic N) is 4. The van der Waals surface area contributed by atoms with Gasteiger partial charge >= 0.3 is 0 Å². The van der Waals surface area contributed by atoms with Crippen molar-refractivity contribution < 1.29 is 9.32 Å². The van der Waals surface area contributed by atoms with Gasteiger partial charge in [-0.15, -0.1) is 0 Å². The van der Waals surface area contributed by atoms with Gasteiger partial charge in [0.1, 0.15) is 11.4 Å². The summed E-state index contributed by atoms with van der Waals surface area (Å²) >= 11 is 0. The fraction of sp³-hybridized carbons (Fsp3) is 0.409. The highest BCUT2D eigenvalue weighted by molar-refractivity contribution is 5.99. The van der Waals surface area contributed by atoms with Crippen molar-refractivity contribution in [3.8, 4) is 11.3 Å². The molecule has 1 N–H and O–H groups in total. The molecular weight excluding hydrogens is 366 g/mol. The van der Waals surface area contributed by atoms with Gasteiger partial charge in [0.15, 0.2) is 5.76 Å². The fourth-order valence-corrected chi connectivity index (χ4v) is 4.86. The van der Waals surface area contributed by atoms with E-state index in [0.717, 1.165) is 43.9 Å². The van der Waals surface area contributed by atoms with Gasteiger partial charge in [0, 0.05) is 44.1 Å². The van der Waals surface area contributed by atoms with E-state index in [2.05, 4.69) is 24.9 Å². The van der Waals surface area contributed by atoms with Crippen LogP contribution in [-0.2, 0) is 13.6 Å². The van der Waals surface area contributed by atoms with E-state index in [-0.39, 0.29) is 11.9 Å². The smallest absolute Gasteiger partial charge is 0.257 e. The van der Waals surface area contributed by atoms with Crippen LogP contribution in [0.2, 0.25) is 0 Å². The van der Waals surface area contributed by atoms with Crippen LogP contribution in [0.25, 0.3) is 11.3 Å². The summed E-state index contributed by atoms with van der Waals surface area (Å²) in [5.41, 5.74) is 1.37. The molecule has 0 radical (unpaired) electrons. The van der Waals surface area contributed by atoms with Gasteiger partial charge in [-0.05, 0) is 24.7 Å². The second kappa shape index (κ2) is 7.48. The van der Waals surface area contributed by atoms with Gasteiger partial charge in [0.2, 0.25) is 0 Å². The van der Waals surface area contributed by atoms with Crippen LogP contribution in [0.1, 0.15) is 29.0 Å². The van der Waals surface area contributed by atoms with Crippen molar-refractivity contribution in [1.29, 1.82) is 0 Å². The van der Waals surface area contributed by atoms with E-state index in [9.17, 15) is 4.79 Å². The van der Waals surface area contributed by atoms with Crippen molar-refractivity contribution in [2.75, 3.05) is 13.1 Å². The summed E-state index contributed by atoms with van der Waals surface area (Å²) in [4.78, 5) is 20.0. The van der Waals surface area contributed by atoms with Crippen molar-refractivity contribution in [2.45, 2.75) is 25.4 Å². The maximum Gasteiger partial charge on any atom is 0.257 e. The maximum atomic E-state index is 13.0. The number of amides is 1. The standard InChI is InChI=1S/C22H25N5O2/c1-26-10-9-23-19(26)14-27-12-16-7-8-17(13-27)20(16)25-22(28)18-11-24-29-21(18)15-5-3-2-4-6-15/h2-6,9-11,16-17,20H,7-8,12-14H2,1H3,(H,25,28)/t16-,17+,20?. The average molecular weight is 391 g/mol. The molecule has 1 aliphatic heterocycles. The van der Waals surface area contributed by atoms with Gasteiger partial charge in [0.05, 0.1) is 12.7 Å². The number of likely N-dealkylation sites (tertiary alicyclic amines) is 1. The van der Waals surface area contributed by atoms with Crippen LogP contribution < -0.4 is 5.32 Å². The molecule has 2 fully saturated rings. The van der Waals surface area contributed by atoms with E-state index in [4.69, 9.17) is 4.52 Å². The third kappa shape index (κ3) is 3.46. The summed E-state index contributed by atoms with van der Waals surface area (Å²) in [6.07, 6.45) is 7.67. The Kier molecular flexibility index (Phi) is 4.67. The van der Waals surface area contributed by atoms with Gasteiger partial charge in [0.25, 0.3) is 5.91 Å². The molecule has 7 nitrogen and oxygen atoms in total. The molecular formula is C22H25N5O2. The van der Waals surface area contributed by atoms with E-state index >= 15 is 0 Å². The van der Waals surface area contributed by atoms with Crippen molar-refractivity contribution in [1.82, 2.24) is 24.9 Å². The highest BCUT2D eigenvalue weighted by Gasteiger charge is 2.43. The zero-order valence-electron chi connectivity index (χ0n) is 16.5. The second-order valence-electron chi connectivity index (χ2n) is 8.18. The molecule has 1 unspecified atom stereocenters. The number of nitrogens with one attached hydrogen (secondary N) is 1. The first-order chi connectivity index (χ1) is 14.2. The summed E-state index contributed by atoms with van der Waals surface area (Å²) in [5.74, 6) is 2.46. The number of piperidine rings is 1. The van der Waals surface area contributed by atoms with Crippen molar-refractivity contribution in [3.63, 3.8) is 0 Å². The minimum absolute atomic E-state index is 0.0930. The molecule has 1 saturated carbocycles. The topological polar surface area (TPSA) is 76.2 Å². The Bertz CT molecular complexity index is 982. The number of hydrogen-bond acceptors (Lipinski definition) is 5. The largest absolute Gasteiger partial charge is 0.355 e. The van der Waals surface area contributed by atoms with E-state index in [0.29, 0.717) is 23.2 Å². The molecule has 3 aromatic rings. The van der Waals surface area contributed by atoms with Crippen molar-refractivity contribution >= 4 is 5.91 Å². The number of aryl methyl sites for hydroxylation is 1. The first-order valence-corrected chi connectivity index (χ1v) is 10.2. The zero-order valence-corrected chi connectivity index (χ0v) is 16.5. The molecule has 150 valence electrons. The molecule has 0 spiro atoms. The van der Waals surface area contributed by atoms with Gasteiger partial charge in [-0.1, -0.05) is 35.5 Å². The number of fused-ring (bicyclic) bond motifs is 2. The van der Waals surface area contributed by atoms with Crippen LogP contribution in [0.5, 0.6) is 0 Å². The van der Waals surface area contributed by atoms with Crippen LogP contribution in [0.4, 0.5) is 0 Å². The molecule has 29 heavy (non-hydrogen) atoms. The first-order valence-electron chi connectivity index (χ1n) is 10.2. The predicted octanol–water partition coefficient (Wildman–Crippen LogP) is 2.72. The third-order valence-corrected chi connectivity index (χ3v) is 6.34. The minimum Gasteiger partial charge on any atom is -0.355 e. The van der Waals surface area contributed by atoms with Gasteiger partial charge in [-0.3, -0.25) is 9.69 Å². The Morgan fingerprint density at radius 1 is 1.21 bits per heavy atom. The Balaban J connectivity index is 1.27. The zero-order chi connectivity index (χ0) is 19.8. The number of benzene rings is 1. The van der Waals surface area contributed by atoms with Crippen molar-refractivity contribution in [2.24, 2.45) is 18.9 Å². The predicted molar refractivity (Wildman–Crippen MR) is 108 cm³/mol. The molecule has 2 aromatic heterocycles. The van der Waals surface area contributed by atoms with Gasteiger partial charge in [-0.25, -0.2) is 4.98 Å². The van der Waals surface area contributed by atoms with Crippen LogP contribution in [-0.4, -0.2) is 44.6 Å². The number of imidazole rings is 1.